The SMILES string of the molecule is CC(C)(C)[Si](C)(C)Oc1ccc(C2=C=CC=CC=C2)cc1. The Morgan fingerprint density at radius 2 is 1.62 bits per heavy atom. The highest BCUT2D eigenvalue weighted by molar-refractivity contribution is 6.74. The molecule has 21 heavy (non-hydrogen) atoms. The molecule has 0 aliphatic heterocycles. The van der Waals surface area contributed by atoms with Gasteiger partial charge in [-0.3, -0.25) is 0 Å². The zero-order valence-corrected chi connectivity index (χ0v) is 14.6. The summed E-state index contributed by atoms with van der Waals surface area (Å²) < 4.78 is 6.30. The number of hydrogen-bond donors (Lipinski definition) is 0. The summed E-state index contributed by atoms with van der Waals surface area (Å²) in [6, 6.07) is 8.34. The Morgan fingerprint density at radius 3 is 2.24 bits per heavy atom. The van der Waals surface area contributed by atoms with Gasteiger partial charge in [0.05, 0.1) is 0 Å². The first-order valence-electron chi connectivity index (χ1n) is 7.39. The third-order valence-electron chi connectivity index (χ3n) is 4.16. The molecule has 0 atom stereocenters. The third kappa shape index (κ3) is 3.87. The van der Waals surface area contributed by atoms with Crippen molar-refractivity contribution in [2.75, 3.05) is 0 Å². The molecule has 1 aliphatic carbocycles. The summed E-state index contributed by atoms with van der Waals surface area (Å²) in [7, 11) is -1.76. The van der Waals surface area contributed by atoms with Gasteiger partial charge in [0.25, 0.3) is 0 Å². The maximum absolute atomic E-state index is 6.30. The average molecular weight is 296 g/mol. The van der Waals surface area contributed by atoms with Gasteiger partial charge in [-0.1, -0.05) is 51.1 Å². The minimum atomic E-state index is -1.76. The van der Waals surface area contributed by atoms with Crippen LogP contribution in [0.1, 0.15) is 26.3 Å². The monoisotopic (exact) mass is 296 g/mol. The van der Waals surface area contributed by atoms with E-state index in [1.54, 1.807) is 0 Å². The van der Waals surface area contributed by atoms with Crippen molar-refractivity contribution in [1.29, 1.82) is 0 Å². The van der Waals surface area contributed by atoms with E-state index in [1.165, 1.54) is 0 Å². The Labute approximate surface area is 129 Å². The molecular weight excluding hydrogens is 272 g/mol. The molecule has 0 amide bonds. The molecule has 1 nitrogen and oxygen atoms in total. The average Bonchev–Trinajstić information content (AvgIpc) is 2.67. The molecule has 2 heteroatoms. The summed E-state index contributed by atoms with van der Waals surface area (Å²) in [5.74, 6) is 0.964. The predicted molar refractivity (Wildman–Crippen MR) is 94.0 cm³/mol. The van der Waals surface area contributed by atoms with Gasteiger partial charge >= 0.3 is 0 Å². The molecule has 0 aromatic heterocycles. The van der Waals surface area contributed by atoms with E-state index in [1.807, 2.05) is 24.3 Å². The van der Waals surface area contributed by atoms with Crippen molar-refractivity contribution in [3.8, 4) is 5.75 Å². The molecule has 1 aromatic carbocycles. The Hall–Kier alpha value is -1.76. The van der Waals surface area contributed by atoms with Gasteiger partial charge in [0, 0.05) is 5.57 Å². The van der Waals surface area contributed by atoms with Gasteiger partial charge in [-0.05, 0) is 48.0 Å². The Balaban J connectivity index is 2.19. The first kappa shape index (κ1) is 15.6. The van der Waals surface area contributed by atoms with Crippen LogP contribution >= 0.6 is 0 Å². The standard InChI is InChI=1S/C19H24OSi/c1-19(2,3)21(4,5)20-18-14-12-17(13-15-18)16-10-8-6-7-9-11-16/h6-10,12-15H,1-5H3. The summed E-state index contributed by atoms with van der Waals surface area (Å²) in [4.78, 5) is 0. The first-order chi connectivity index (χ1) is 9.79. The van der Waals surface area contributed by atoms with Crippen molar-refractivity contribution in [2.24, 2.45) is 0 Å². The van der Waals surface area contributed by atoms with E-state index in [0.717, 1.165) is 16.9 Å². The summed E-state index contributed by atoms with van der Waals surface area (Å²) in [5.41, 5.74) is 5.53. The lowest BCUT2D eigenvalue weighted by Gasteiger charge is -2.36. The molecule has 110 valence electrons. The van der Waals surface area contributed by atoms with Crippen LogP contribution < -0.4 is 4.43 Å². The van der Waals surface area contributed by atoms with Gasteiger partial charge in [-0.2, -0.15) is 0 Å². The number of hydrogen-bond acceptors (Lipinski definition) is 1. The van der Waals surface area contributed by atoms with Crippen LogP contribution in [0.5, 0.6) is 5.75 Å². The molecule has 0 fully saturated rings. The molecule has 2 rings (SSSR count). The molecule has 0 spiro atoms. The normalized spacial score (nSPS) is 14.8. The van der Waals surface area contributed by atoms with Crippen LogP contribution in [0.2, 0.25) is 18.1 Å². The molecule has 1 aromatic rings. The zero-order chi connectivity index (χ0) is 15.5. The molecule has 0 heterocycles. The fraction of sp³-hybridized carbons (Fsp3) is 0.316. The lowest BCUT2D eigenvalue weighted by atomic mass is 10.1. The largest absolute Gasteiger partial charge is 0.544 e. The minimum absolute atomic E-state index is 0.215. The van der Waals surface area contributed by atoms with Crippen LogP contribution in [0.15, 0.2) is 60.4 Å². The van der Waals surface area contributed by atoms with Crippen molar-refractivity contribution in [2.45, 2.75) is 38.9 Å². The predicted octanol–water partition coefficient (Wildman–Crippen LogP) is 5.74. The van der Waals surface area contributed by atoms with E-state index in [4.69, 9.17) is 4.43 Å². The van der Waals surface area contributed by atoms with Crippen molar-refractivity contribution < 1.29 is 4.43 Å². The van der Waals surface area contributed by atoms with Crippen LogP contribution in [-0.4, -0.2) is 8.32 Å². The van der Waals surface area contributed by atoms with Crippen LogP contribution in [0.3, 0.4) is 0 Å². The van der Waals surface area contributed by atoms with E-state index in [2.05, 4.69) is 69.9 Å². The summed E-state index contributed by atoms with van der Waals surface area (Å²) >= 11 is 0. The lowest BCUT2D eigenvalue weighted by molar-refractivity contribution is 0.492. The Morgan fingerprint density at radius 1 is 0.952 bits per heavy atom. The lowest BCUT2D eigenvalue weighted by Crippen LogP contribution is -2.43. The van der Waals surface area contributed by atoms with Gasteiger partial charge in [0.1, 0.15) is 5.75 Å². The Kier molecular flexibility index (Phi) is 4.41. The van der Waals surface area contributed by atoms with Crippen molar-refractivity contribution in [3.05, 3.63) is 65.9 Å². The van der Waals surface area contributed by atoms with Crippen molar-refractivity contribution in [1.82, 2.24) is 0 Å². The van der Waals surface area contributed by atoms with Gasteiger partial charge in [0.15, 0.2) is 0 Å². The third-order valence-corrected chi connectivity index (χ3v) is 8.52. The minimum Gasteiger partial charge on any atom is -0.544 e. The van der Waals surface area contributed by atoms with Gasteiger partial charge in [-0.25, -0.2) is 0 Å². The highest BCUT2D eigenvalue weighted by Crippen LogP contribution is 2.37. The van der Waals surface area contributed by atoms with Crippen LogP contribution in [0, 0.1) is 0 Å². The number of rotatable bonds is 3. The molecule has 1 aliphatic rings. The summed E-state index contributed by atoms with van der Waals surface area (Å²) in [6.45, 7) is 11.3. The van der Waals surface area contributed by atoms with Gasteiger partial charge < -0.3 is 4.43 Å². The maximum Gasteiger partial charge on any atom is 0.250 e. The van der Waals surface area contributed by atoms with Crippen molar-refractivity contribution in [3.63, 3.8) is 0 Å². The maximum atomic E-state index is 6.30. The van der Waals surface area contributed by atoms with Crippen LogP contribution in [0.25, 0.3) is 5.57 Å². The second kappa shape index (κ2) is 5.93. The summed E-state index contributed by atoms with van der Waals surface area (Å²) in [6.07, 6.45) is 10.0. The molecule has 0 bridgehead atoms. The second-order valence-corrected chi connectivity index (χ2v) is 11.6. The Bertz CT molecular complexity index is 619. The molecule has 0 saturated carbocycles. The first-order valence-corrected chi connectivity index (χ1v) is 10.3. The molecule has 0 radical (unpaired) electrons. The zero-order valence-electron chi connectivity index (χ0n) is 13.6. The fourth-order valence-corrected chi connectivity index (χ4v) is 2.82. The van der Waals surface area contributed by atoms with E-state index >= 15 is 0 Å². The molecule has 0 N–H and O–H groups in total. The van der Waals surface area contributed by atoms with Gasteiger partial charge in [-0.15, -0.1) is 5.73 Å². The second-order valence-electron chi connectivity index (χ2n) is 6.86. The van der Waals surface area contributed by atoms with Gasteiger partial charge in [0.2, 0.25) is 8.32 Å². The molecular formula is C19H24OSi. The van der Waals surface area contributed by atoms with Crippen molar-refractivity contribution >= 4 is 13.9 Å². The smallest absolute Gasteiger partial charge is 0.250 e. The fourth-order valence-electron chi connectivity index (χ4n) is 1.79. The van der Waals surface area contributed by atoms with E-state index in [9.17, 15) is 0 Å². The highest BCUT2D eigenvalue weighted by Gasteiger charge is 2.38. The van der Waals surface area contributed by atoms with E-state index in [0.29, 0.717) is 0 Å². The number of allylic oxidation sites excluding steroid dienone is 5. The summed E-state index contributed by atoms with van der Waals surface area (Å²) in [5, 5.41) is 0.215. The molecule has 0 unspecified atom stereocenters. The topological polar surface area (TPSA) is 9.23 Å². The highest BCUT2D eigenvalue weighted by atomic mass is 28.4. The van der Waals surface area contributed by atoms with Crippen LogP contribution in [-0.2, 0) is 0 Å². The number of benzene rings is 1. The molecule has 0 saturated heterocycles. The quantitative estimate of drug-likeness (QED) is 0.511. The van der Waals surface area contributed by atoms with E-state index in [-0.39, 0.29) is 5.04 Å². The van der Waals surface area contributed by atoms with Crippen LogP contribution in [0.4, 0.5) is 0 Å². The van der Waals surface area contributed by atoms with E-state index < -0.39 is 8.32 Å².